The van der Waals surface area contributed by atoms with E-state index >= 15 is 0 Å². The Morgan fingerprint density at radius 2 is 2.12 bits per heavy atom. The molecule has 3 heteroatoms. The summed E-state index contributed by atoms with van der Waals surface area (Å²) in [4.78, 5) is 11.5. The van der Waals surface area contributed by atoms with Gasteiger partial charge in [0.1, 0.15) is 0 Å². The molecule has 0 unspecified atom stereocenters. The first-order valence-corrected chi connectivity index (χ1v) is 7.09. The van der Waals surface area contributed by atoms with Crippen molar-refractivity contribution in [2.75, 3.05) is 11.9 Å². The molecule has 0 aromatic heterocycles. The molecule has 0 radical (unpaired) electrons. The molecule has 0 atom stereocenters. The second-order valence-corrected chi connectivity index (χ2v) is 4.84. The van der Waals surface area contributed by atoms with Crippen LogP contribution >= 0.6 is 15.9 Å². The van der Waals surface area contributed by atoms with Crippen LogP contribution in [0.5, 0.6) is 0 Å². The fourth-order valence-electron chi connectivity index (χ4n) is 1.78. The van der Waals surface area contributed by atoms with Crippen LogP contribution in [0.2, 0.25) is 0 Å². The van der Waals surface area contributed by atoms with Gasteiger partial charge in [0.25, 0.3) is 0 Å². The van der Waals surface area contributed by atoms with Gasteiger partial charge in [-0.25, -0.2) is 0 Å². The zero-order chi connectivity index (χ0) is 12.7. The first kappa shape index (κ1) is 14.2. The maximum absolute atomic E-state index is 11.5. The topological polar surface area (TPSA) is 26.3 Å². The number of aryl methyl sites for hydroxylation is 2. The Morgan fingerprint density at radius 1 is 1.35 bits per heavy atom. The number of alkyl halides is 1. The summed E-state index contributed by atoms with van der Waals surface area (Å²) in [6.07, 6.45) is 2.46. The van der Waals surface area contributed by atoms with Crippen molar-refractivity contribution in [2.24, 2.45) is 0 Å². The van der Waals surface area contributed by atoms with Crippen LogP contribution in [0.1, 0.15) is 30.0 Å². The van der Waals surface area contributed by atoms with E-state index in [4.69, 9.17) is 4.74 Å². The van der Waals surface area contributed by atoms with Crippen LogP contribution in [0.4, 0.5) is 0 Å². The van der Waals surface area contributed by atoms with Crippen molar-refractivity contribution in [1.29, 1.82) is 0 Å². The van der Waals surface area contributed by atoms with Crippen LogP contribution in [0.25, 0.3) is 0 Å². The van der Waals surface area contributed by atoms with Gasteiger partial charge >= 0.3 is 5.97 Å². The maximum atomic E-state index is 11.5. The molecule has 0 bridgehead atoms. The largest absolute Gasteiger partial charge is 0.466 e. The summed E-state index contributed by atoms with van der Waals surface area (Å²) in [6.45, 7) is 4.35. The van der Waals surface area contributed by atoms with E-state index in [1.165, 1.54) is 11.1 Å². The highest BCUT2D eigenvalue weighted by Crippen LogP contribution is 2.15. The standard InChI is InChI=1S/C14H19BrO2/c1-3-17-14(16)10-13-7-6-11(2)9-12(13)5-4-8-15/h6-7,9H,3-5,8,10H2,1-2H3. The second kappa shape index (κ2) is 7.49. The molecular formula is C14H19BrO2. The molecule has 1 aromatic carbocycles. The van der Waals surface area contributed by atoms with Gasteiger partial charge in [0.05, 0.1) is 13.0 Å². The molecule has 0 aliphatic carbocycles. The fraction of sp³-hybridized carbons (Fsp3) is 0.500. The third kappa shape index (κ3) is 4.90. The van der Waals surface area contributed by atoms with Gasteiger partial charge in [-0.2, -0.15) is 0 Å². The number of benzene rings is 1. The molecule has 0 saturated heterocycles. The van der Waals surface area contributed by atoms with Gasteiger partial charge in [-0.15, -0.1) is 0 Å². The van der Waals surface area contributed by atoms with Gasteiger partial charge < -0.3 is 4.74 Å². The number of hydrogen-bond acceptors (Lipinski definition) is 2. The van der Waals surface area contributed by atoms with Crippen LogP contribution in [-0.4, -0.2) is 17.9 Å². The van der Waals surface area contributed by atoms with Crippen LogP contribution in [0.15, 0.2) is 18.2 Å². The van der Waals surface area contributed by atoms with Crippen molar-refractivity contribution in [3.8, 4) is 0 Å². The van der Waals surface area contributed by atoms with E-state index in [-0.39, 0.29) is 5.97 Å². The molecule has 17 heavy (non-hydrogen) atoms. The molecule has 94 valence electrons. The summed E-state index contributed by atoms with van der Waals surface area (Å²) < 4.78 is 4.99. The lowest BCUT2D eigenvalue weighted by molar-refractivity contribution is -0.142. The Bertz CT molecular complexity index is 374. The van der Waals surface area contributed by atoms with Crippen molar-refractivity contribution in [1.82, 2.24) is 0 Å². The first-order valence-electron chi connectivity index (χ1n) is 5.97. The average Bonchev–Trinajstić information content (AvgIpc) is 2.30. The molecule has 0 N–H and O–H groups in total. The van der Waals surface area contributed by atoms with Crippen LogP contribution < -0.4 is 0 Å². The van der Waals surface area contributed by atoms with E-state index in [0.29, 0.717) is 13.0 Å². The molecule has 0 spiro atoms. The highest BCUT2D eigenvalue weighted by Gasteiger charge is 2.08. The molecule has 0 heterocycles. The lowest BCUT2D eigenvalue weighted by atomic mass is 9.98. The van der Waals surface area contributed by atoms with Gasteiger partial charge in [-0.05, 0) is 37.8 Å². The summed E-state index contributed by atoms with van der Waals surface area (Å²) >= 11 is 3.43. The van der Waals surface area contributed by atoms with E-state index in [1.54, 1.807) is 0 Å². The number of hydrogen-bond donors (Lipinski definition) is 0. The Kier molecular flexibility index (Phi) is 6.27. The van der Waals surface area contributed by atoms with E-state index < -0.39 is 0 Å². The third-order valence-corrected chi connectivity index (χ3v) is 3.14. The van der Waals surface area contributed by atoms with E-state index in [2.05, 4.69) is 28.9 Å². The normalized spacial score (nSPS) is 10.3. The Labute approximate surface area is 111 Å². The minimum absolute atomic E-state index is 0.142. The zero-order valence-electron chi connectivity index (χ0n) is 10.5. The highest BCUT2D eigenvalue weighted by atomic mass is 79.9. The van der Waals surface area contributed by atoms with Crippen molar-refractivity contribution in [2.45, 2.75) is 33.1 Å². The highest BCUT2D eigenvalue weighted by molar-refractivity contribution is 9.09. The van der Waals surface area contributed by atoms with Crippen LogP contribution in [0.3, 0.4) is 0 Å². The predicted molar refractivity (Wildman–Crippen MR) is 73.6 cm³/mol. The Balaban J connectivity index is 2.78. The van der Waals surface area contributed by atoms with Crippen LogP contribution in [-0.2, 0) is 22.4 Å². The Hall–Kier alpha value is -0.830. The summed E-state index contributed by atoms with van der Waals surface area (Å²) in [7, 11) is 0. The molecule has 0 fully saturated rings. The summed E-state index contributed by atoms with van der Waals surface area (Å²) in [5.74, 6) is -0.142. The van der Waals surface area contributed by atoms with Gasteiger partial charge in [0.2, 0.25) is 0 Å². The number of ether oxygens (including phenoxy) is 1. The number of carbonyl (C=O) groups is 1. The smallest absolute Gasteiger partial charge is 0.310 e. The van der Waals surface area contributed by atoms with Gasteiger partial charge in [-0.1, -0.05) is 39.7 Å². The lowest BCUT2D eigenvalue weighted by Gasteiger charge is -2.09. The second-order valence-electron chi connectivity index (χ2n) is 4.05. The Morgan fingerprint density at radius 3 is 2.76 bits per heavy atom. The molecule has 0 amide bonds. The predicted octanol–water partition coefficient (Wildman–Crippen LogP) is 3.43. The maximum Gasteiger partial charge on any atom is 0.310 e. The molecule has 1 rings (SSSR count). The van der Waals surface area contributed by atoms with Crippen molar-refractivity contribution >= 4 is 21.9 Å². The zero-order valence-corrected chi connectivity index (χ0v) is 12.0. The quantitative estimate of drug-likeness (QED) is 0.594. The van der Waals surface area contributed by atoms with Gasteiger partial charge in [0.15, 0.2) is 0 Å². The molecule has 0 aliphatic heterocycles. The van der Waals surface area contributed by atoms with Crippen LogP contribution in [0, 0.1) is 6.92 Å². The lowest BCUT2D eigenvalue weighted by Crippen LogP contribution is -2.09. The summed E-state index contributed by atoms with van der Waals surface area (Å²) in [5.41, 5.74) is 3.59. The summed E-state index contributed by atoms with van der Waals surface area (Å²) in [5, 5.41) is 0.986. The number of carbonyl (C=O) groups excluding carboxylic acids is 1. The minimum Gasteiger partial charge on any atom is -0.466 e. The van der Waals surface area contributed by atoms with Gasteiger partial charge in [-0.3, -0.25) is 4.79 Å². The van der Waals surface area contributed by atoms with Gasteiger partial charge in [0, 0.05) is 5.33 Å². The first-order chi connectivity index (χ1) is 8.17. The molecular weight excluding hydrogens is 280 g/mol. The molecule has 2 nitrogen and oxygen atoms in total. The van der Waals surface area contributed by atoms with E-state index in [1.807, 2.05) is 19.1 Å². The fourth-order valence-corrected chi connectivity index (χ4v) is 2.07. The van der Waals surface area contributed by atoms with Crippen molar-refractivity contribution in [3.63, 3.8) is 0 Å². The van der Waals surface area contributed by atoms with Crippen molar-refractivity contribution in [3.05, 3.63) is 34.9 Å². The number of halogens is 1. The number of esters is 1. The minimum atomic E-state index is -0.142. The molecule has 1 aromatic rings. The third-order valence-electron chi connectivity index (χ3n) is 2.58. The van der Waals surface area contributed by atoms with E-state index in [9.17, 15) is 4.79 Å². The molecule has 0 saturated carbocycles. The molecule has 0 aliphatic rings. The van der Waals surface area contributed by atoms with E-state index in [0.717, 1.165) is 23.7 Å². The SMILES string of the molecule is CCOC(=O)Cc1ccc(C)cc1CCCBr. The average molecular weight is 299 g/mol. The summed E-state index contributed by atoms with van der Waals surface area (Å²) in [6, 6.07) is 6.25. The number of rotatable bonds is 6. The monoisotopic (exact) mass is 298 g/mol. The van der Waals surface area contributed by atoms with Crippen molar-refractivity contribution < 1.29 is 9.53 Å².